The molecule has 0 radical (unpaired) electrons. The first kappa shape index (κ1) is 9.52. The third-order valence-electron chi connectivity index (χ3n) is 1.64. The summed E-state index contributed by atoms with van der Waals surface area (Å²) < 4.78 is 0. The molecular formula is C11H12O2. The van der Waals surface area contributed by atoms with Gasteiger partial charge in [-0.05, 0) is 12.5 Å². The fourth-order valence-corrected chi connectivity index (χ4v) is 1.07. The smallest absolute Gasteiger partial charge is 0.307 e. The molecule has 0 amide bonds. The normalized spacial score (nSPS) is 10.5. The van der Waals surface area contributed by atoms with Crippen LogP contribution < -0.4 is 0 Å². The van der Waals surface area contributed by atoms with Gasteiger partial charge >= 0.3 is 5.97 Å². The number of hydrogen-bond donors (Lipinski definition) is 1. The summed E-state index contributed by atoms with van der Waals surface area (Å²) in [4.78, 5) is 10.2. The quantitative estimate of drug-likeness (QED) is 0.768. The maximum absolute atomic E-state index is 10.2. The van der Waals surface area contributed by atoms with Crippen LogP contribution in [0, 0.1) is 6.92 Å². The summed E-state index contributed by atoms with van der Waals surface area (Å²) in [5, 5.41) is 8.39. The molecule has 0 heterocycles. The van der Waals surface area contributed by atoms with Crippen LogP contribution in [0.2, 0.25) is 0 Å². The first-order valence-corrected chi connectivity index (χ1v) is 4.13. The van der Waals surface area contributed by atoms with Crippen molar-refractivity contribution in [2.24, 2.45) is 0 Å². The molecule has 0 aliphatic rings. The van der Waals surface area contributed by atoms with Crippen molar-refractivity contribution in [1.82, 2.24) is 0 Å². The van der Waals surface area contributed by atoms with Crippen molar-refractivity contribution in [3.05, 3.63) is 41.5 Å². The molecule has 0 saturated heterocycles. The first-order chi connectivity index (χ1) is 6.18. The van der Waals surface area contributed by atoms with Crippen molar-refractivity contribution in [3.63, 3.8) is 0 Å². The van der Waals surface area contributed by atoms with Crippen LogP contribution in [0.3, 0.4) is 0 Å². The molecule has 1 N–H and O–H groups in total. The van der Waals surface area contributed by atoms with Crippen LogP contribution in [0.25, 0.3) is 6.08 Å². The van der Waals surface area contributed by atoms with Gasteiger partial charge in [-0.25, -0.2) is 0 Å². The third-order valence-corrected chi connectivity index (χ3v) is 1.64. The van der Waals surface area contributed by atoms with Crippen LogP contribution in [0.4, 0.5) is 0 Å². The van der Waals surface area contributed by atoms with E-state index in [9.17, 15) is 4.79 Å². The highest BCUT2D eigenvalue weighted by Gasteiger charge is 1.90. The van der Waals surface area contributed by atoms with Crippen molar-refractivity contribution in [2.45, 2.75) is 13.3 Å². The van der Waals surface area contributed by atoms with Crippen LogP contribution in [0.15, 0.2) is 30.3 Å². The van der Waals surface area contributed by atoms with Crippen molar-refractivity contribution < 1.29 is 9.90 Å². The van der Waals surface area contributed by atoms with Crippen LogP contribution in [-0.2, 0) is 4.79 Å². The topological polar surface area (TPSA) is 37.3 Å². The van der Waals surface area contributed by atoms with E-state index in [2.05, 4.69) is 0 Å². The predicted molar refractivity (Wildman–Crippen MR) is 52.5 cm³/mol. The Kier molecular flexibility index (Phi) is 3.26. The van der Waals surface area contributed by atoms with Gasteiger partial charge in [-0.1, -0.05) is 42.0 Å². The number of carbonyl (C=O) groups is 1. The molecule has 1 aromatic rings. The zero-order valence-electron chi connectivity index (χ0n) is 7.53. The van der Waals surface area contributed by atoms with E-state index >= 15 is 0 Å². The van der Waals surface area contributed by atoms with Crippen LogP contribution in [-0.4, -0.2) is 11.1 Å². The summed E-state index contributed by atoms with van der Waals surface area (Å²) in [6.45, 7) is 2.01. The lowest BCUT2D eigenvalue weighted by molar-refractivity contribution is -0.135. The van der Waals surface area contributed by atoms with Crippen LogP contribution in [0.5, 0.6) is 0 Å². The Morgan fingerprint density at radius 3 is 2.92 bits per heavy atom. The van der Waals surface area contributed by atoms with Crippen LogP contribution >= 0.6 is 0 Å². The Hall–Kier alpha value is -1.57. The van der Waals surface area contributed by atoms with Gasteiger partial charge in [0.2, 0.25) is 0 Å². The minimum atomic E-state index is -0.802. The van der Waals surface area contributed by atoms with E-state index in [1.54, 1.807) is 6.08 Å². The zero-order chi connectivity index (χ0) is 9.68. The molecule has 0 aromatic heterocycles. The molecule has 2 nitrogen and oxygen atoms in total. The highest BCUT2D eigenvalue weighted by molar-refractivity contribution is 5.70. The van der Waals surface area contributed by atoms with E-state index < -0.39 is 5.97 Å². The fraction of sp³-hybridized carbons (Fsp3) is 0.182. The van der Waals surface area contributed by atoms with Gasteiger partial charge in [-0.15, -0.1) is 0 Å². The molecule has 0 unspecified atom stereocenters. The van der Waals surface area contributed by atoms with Crippen LogP contribution in [0.1, 0.15) is 17.5 Å². The molecule has 1 rings (SSSR count). The molecule has 0 aliphatic carbocycles. The van der Waals surface area contributed by atoms with E-state index in [1.807, 2.05) is 37.3 Å². The Labute approximate surface area is 77.5 Å². The number of benzene rings is 1. The van der Waals surface area contributed by atoms with E-state index in [0.29, 0.717) is 0 Å². The Morgan fingerprint density at radius 2 is 2.31 bits per heavy atom. The molecule has 0 saturated carbocycles. The average Bonchev–Trinajstić information content (AvgIpc) is 2.03. The van der Waals surface area contributed by atoms with E-state index in [-0.39, 0.29) is 6.42 Å². The molecule has 0 aliphatic heterocycles. The van der Waals surface area contributed by atoms with Crippen molar-refractivity contribution in [3.8, 4) is 0 Å². The summed E-state index contributed by atoms with van der Waals surface area (Å²) in [7, 11) is 0. The number of carboxylic acid groups (broad SMARTS) is 1. The van der Waals surface area contributed by atoms with Gasteiger partial charge in [0.15, 0.2) is 0 Å². The average molecular weight is 176 g/mol. The fourth-order valence-electron chi connectivity index (χ4n) is 1.07. The van der Waals surface area contributed by atoms with Gasteiger partial charge in [0.25, 0.3) is 0 Å². The molecule has 0 fully saturated rings. The third kappa shape index (κ3) is 3.56. The standard InChI is InChI=1S/C11H12O2/c1-9-4-2-5-10(8-9)6-3-7-11(12)13/h2-6,8H,7H2,1H3,(H,12,13). The lowest BCUT2D eigenvalue weighted by Gasteiger charge is -1.94. The van der Waals surface area contributed by atoms with E-state index in [0.717, 1.165) is 5.56 Å². The molecule has 68 valence electrons. The number of aliphatic carboxylic acids is 1. The Bertz CT molecular complexity index is 327. The monoisotopic (exact) mass is 176 g/mol. The number of hydrogen-bond acceptors (Lipinski definition) is 1. The zero-order valence-corrected chi connectivity index (χ0v) is 7.53. The molecular weight excluding hydrogens is 164 g/mol. The number of aryl methyl sites for hydroxylation is 1. The summed E-state index contributed by atoms with van der Waals surface area (Å²) in [5.41, 5.74) is 2.22. The van der Waals surface area contributed by atoms with Gasteiger partial charge in [0, 0.05) is 0 Å². The SMILES string of the molecule is Cc1cccc(C=CCC(=O)O)c1. The summed E-state index contributed by atoms with van der Waals surface area (Å²) in [6, 6.07) is 7.92. The largest absolute Gasteiger partial charge is 0.481 e. The molecule has 13 heavy (non-hydrogen) atoms. The highest BCUT2D eigenvalue weighted by atomic mass is 16.4. The lowest BCUT2D eigenvalue weighted by atomic mass is 10.1. The Morgan fingerprint density at radius 1 is 1.54 bits per heavy atom. The second-order valence-electron chi connectivity index (χ2n) is 2.91. The van der Waals surface area contributed by atoms with E-state index in [4.69, 9.17) is 5.11 Å². The maximum Gasteiger partial charge on any atom is 0.307 e. The molecule has 2 heteroatoms. The van der Waals surface area contributed by atoms with Gasteiger partial charge in [0.05, 0.1) is 6.42 Å². The van der Waals surface area contributed by atoms with Crippen molar-refractivity contribution in [1.29, 1.82) is 0 Å². The predicted octanol–water partition coefficient (Wildman–Crippen LogP) is 2.48. The Balaban J connectivity index is 2.63. The first-order valence-electron chi connectivity index (χ1n) is 4.13. The van der Waals surface area contributed by atoms with Gasteiger partial charge in [0.1, 0.15) is 0 Å². The molecule has 0 atom stereocenters. The summed E-state index contributed by atoms with van der Waals surface area (Å²) in [6.07, 6.45) is 3.55. The lowest BCUT2D eigenvalue weighted by Crippen LogP contribution is -1.89. The van der Waals surface area contributed by atoms with Gasteiger partial charge < -0.3 is 5.11 Å². The van der Waals surface area contributed by atoms with Crippen molar-refractivity contribution in [2.75, 3.05) is 0 Å². The molecule has 0 spiro atoms. The maximum atomic E-state index is 10.2. The van der Waals surface area contributed by atoms with Gasteiger partial charge in [-0.2, -0.15) is 0 Å². The van der Waals surface area contributed by atoms with E-state index in [1.165, 1.54) is 5.56 Å². The number of rotatable bonds is 3. The summed E-state index contributed by atoms with van der Waals surface area (Å²) >= 11 is 0. The minimum absolute atomic E-state index is 0.0773. The minimum Gasteiger partial charge on any atom is -0.481 e. The highest BCUT2D eigenvalue weighted by Crippen LogP contribution is 2.05. The second-order valence-corrected chi connectivity index (χ2v) is 2.91. The second kappa shape index (κ2) is 4.45. The van der Waals surface area contributed by atoms with Crippen molar-refractivity contribution >= 4 is 12.0 Å². The molecule has 0 bridgehead atoms. The summed E-state index contributed by atoms with van der Waals surface area (Å²) in [5.74, 6) is -0.802. The van der Waals surface area contributed by atoms with Gasteiger partial charge in [-0.3, -0.25) is 4.79 Å². The molecule has 1 aromatic carbocycles. The number of carboxylic acids is 1.